The second kappa shape index (κ2) is 10.5. The second-order valence-corrected chi connectivity index (χ2v) is 17.4. The van der Waals surface area contributed by atoms with Crippen LogP contribution in [-0.2, 0) is 45.2 Å². The molecule has 1 atom stereocenters. The Kier molecular flexibility index (Phi) is 9.14. The summed E-state index contributed by atoms with van der Waals surface area (Å²) < 4.78 is 35.0. The quantitative estimate of drug-likeness (QED) is 0.293. The molecule has 0 spiro atoms. The maximum Gasteiger partial charge on any atom is 0.482 e. The third kappa shape index (κ3) is 8.36. The van der Waals surface area contributed by atoms with E-state index >= 15 is 0 Å². The minimum absolute atomic E-state index is 0.156. The van der Waals surface area contributed by atoms with E-state index < -0.39 is 32.1 Å². The fourth-order valence-electron chi connectivity index (χ4n) is 4.72. The summed E-state index contributed by atoms with van der Waals surface area (Å²) in [6.45, 7) is 26.7. The number of benzene rings is 2. The fraction of sp³-hybridized carbons (Fsp3) is 0.600. The first-order valence-corrected chi connectivity index (χ1v) is 16.2. The van der Waals surface area contributed by atoms with Crippen molar-refractivity contribution < 1.29 is 32.6 Å². The lowest BCUT2D eigenvalue weighted by atomic mass is 9.70. The molecule has 0 amide bonds. The van der Waals surface area contributed by atoms with E-state index in [0.717, 1.165) is 22.3 Å². The molecule has 7 nitrogen and oxygen atoms in total. The highest BCUT2D eigenvalue weighted by atomic mass is 31.3. The van der Waals surface area contributed by atoms with E-state index in [-0.39, 0.29) is 10.8 Å². The lowest BCUT2D eigenvalue weighted by molar-refractivity contribution is 0.0757. The van der Waals surface area contributed by atoms with E-state index in [0.29, 0.717) is 11.1 Å². The summed E-state index contributed by atoms with van der Waals surface area (Å²) in [6.07, 6.45) is 0. The Morgan fingerprint density at radius 3 is 1.13 bits per heavy atom. The van der Waals surface area contributed by atoms with Crippen LogP contribution in [0.5, 0.6) is 0 Å². The van der Waals surface area contributed by atoms with E-state index in [4.69, 9.17) is 4.52 Å². The highest BCUT2D eigenvalue weighted by Crippen LogP contribution is 2.62. The Bertz CT molecular complexity index is 1220. The Morgan fingerprint density at radius 2 is 0.872 bits per heavy atom. The minimum atomic E-state index is -5.34. The van der Waals surface area contributed by atoms with Crippen LogP contribution >= 0.6 is 15.6 Å². The van der Waals surface area contributed by atoms with Crippen LogP contribution in [0.25, 0.3) is 0 Å². The average Bonchev–Trinajstić information content (AvgIpc) is 2.68. The van der Waals surface area contributed by atoms with Gasteiger partial charge >= 0.3 is 15.6 Å². The number of hydrogen-bond acceptors (Lipinski definition) is 4. The molecule has 2 aromatic carbocycles. The van der Waals surface area contributed by atoms with Gasteiger partial charge < -0.3 is 14.7 Å². The molecule has 39 heavy (non-hydrogen) atoms. The Labute approximate surface area is 235 Å². The van der Waals surface area contributed by atoms with E-state index in [1.807, 2.05) is 24.3 Å². The standard InChI is InChI=1S/C30H48O7P2/c1-26(2,3)20-14-16-22(24(18-20)28(7,8)9)30(13,36-39(34,35)37-38(31,32)33)23-17-15-21(27(4,5)6)19-25(23)29(10,11)12/h14-19H,1-13H3,(H,34,35)(H2,31,32,33). The zero-order valence-corrected chi connectivity index (χ0v) is 27.6. The third-order valence-corrected chi connectivity index (χ3v) is 9.19. The van der Waals surface area contributed by atoms with Crippen LogP contribution in [0.15, 0.2) is 36.4 Å². The van der Waals surface area contributed by atoms with Gasteiger partial charge in [0, 0.05) is 0 Å². The van der Waals surface area contributed by atoms with Crippen molar-refractivity contribution in [2.45, 2.75) is 117 Å². The summed E-state index contributed by atoms with van der Waals surface area (Å²) in [5.74, 6) is 0. The zero-order chi connectivity index (χ0) is 30.6. The van der Waals surface area contributed by atoms with Crippen LogP contribution in [0.1, 0.15) is 123 Å². The highest BCUT2D eigenvalue weighted by molar-refractivity contribution is 7.60. The smallest absolute Gasteiger partial charge is 0.302 e. The van der Waals surface area contributed by atoms with Crippen molar-refractivity contribution in [2.24, 2.45) is 0 Å². The average molecular weight is 583 g/mol. The monoisotopic (exact) mass is 582 g/mol. The highest BCUT2D eigenvalue weighted by Gasteiger charge is 2.46. The molecule has 1 unspecified atom stereocenters. The fourth-order valence-corrected chi connectivity index (χ4v) is 6.59. The van der Waals surface area contributed by atoms with Crippen LogP contribution in [0.4, 0.5) is 0 Å². The molecule has 0 aromatic heterocycles. The van der Waals surface area contributed by atoms with Crippen LogP contribution in [0.3, 0.4) is 0 Å². The molecule has 0 bridgehead atoms. The van der Waals surface area contributed by atoms with Gasteiger partial charge in [0.05, 0.1) is 0 Å². The SMILES string of the molecule is CC(C)(C)c1ccc(C(C)(OP(=O)(O)OP(=O)(O)O)c2ccc(C(C)(C)C)cc2C(C)(C)C)c(C(C)(C)C)c1. The molecule has 0 radical (unpaired) electrons. The predicted octanol–water partition coefficient (Wildman–Crippen LogP) is 8.37. The molecule has 9 heteroatoms. The van der Waals surface area contributed by atoms with Gasteiger partial charge in [-0.15, -0.1) is 0 Å². The van der Waals surface area contributed by atoms with Crippen LogP contribution < -0.4 is 0 Å². The molecular formula is C30H48O7P2. The topological polar surface area (TPSA) is 113 Å². The first kappa shape index (κ1) is 33.9. The molecular weight excluding hydrogens is 534 g/mol. The lowest BCUT2D eigenvalue weighted by Gasteiger charge is -2.40. The molecule has 0 aliphatic carbocycles. The molecule has 0 fully saturated rings. The summed E-state index contributed by atoms with van der Waals surface area (Å²) in [5.41, 5.74) is 2.41. The van der Waals surface area contributed by atoms with Crippen LogP contribution in [0.2, 0.25) is 0 Å². The molecule has 2 aromatic rings. The van der Waals surface area contributed by atoms with E-state index in [9.17, 15) is 23.8 Å². The van der Waals surface area contributed by atoms with Gasteiger partial charge in [0.25, 0.3) is 0 Å². The molecule has 0 saturated heterocycles. The summed E-state index contributed by atoms with van der Waals surface area (Å²) >= 11 is 0. The molecule has 0 saturated carbocycles. The zero-order valence-electron chi connectivity index (χ0n) is 25.8. The van der Waals surface area contributed by atoms with Crippen molar-refractivity contribution in [1.82, 2.24) is 0 Å². The van der Waals surface area contributed by atoms with E-state index in [2.05, 4.69) is 99.5 Å². The van der Waals surface area contributed by atoms with E-state index in [1.165, 1.54) is 0 Å². The number of rotatable bonds is 6. The maximum absolute atomic E-state index is 13.2. The van der Waals surface area contributed by atoms with Gasteiger partial charge in [-0.3, -0.25) is 4.52 Å². The second-order valence-electron chi connectivity index (χ2n) is 14.7. The molecule has 220 valence electrons. The van der Waals surface area contributed by atoms with E-state index in [1.54, 1.807) is 6.92 Å². The molecule has 3 N–H and O–H groups in total. The third-order valence-electron chi connectivity index (χ3n) is 6.92. The predicted molar refractivity (Wildman–Crippen MR) is 158 cm³/mol. The molecule has 2 rings (SSSR count). The van der Waals surface area contributed by atoms with Crippen molar-refractivity contribution in [3.63, 3.8) is 0 Å². The minimum Gasteiger partial charge on any atom is -0.302 e. The van der Waals surface area contributed by atoms with Gasteiger partial charge in [0.2, 0.25) is 0 Å². The lowest BCUT2D eigenvalue weighted by Crippen LogP contribution is -2.34. The van der Waals surface area contributed by atoms with Gasteiger partial charge in [-0.25, -0.2) is 9.13 Å². The van der Waals surface area contributed by atoms with Crippen molar-refractivity contribution in [3.05, 3.63) is 69.8 Å². The molecule has 0 heterocycles. The molecule has 0 aliphatic rings. The number of phosphoric ester groups is 1. The van der Waals surface area contributed by atoms with Crippen LogP contribution in [-0.4, -0.2) is 14.7 Å². The van der Waals surface area contributed by atoms with Crippen molar-refractivity contribution in [1.29, 1.82) is 0 Å². The van der Waals surface area contributed by atoms with Gasteiger partial charge in [-0.05, 0) is 62.0 Å². The van der Waals surface area contributed by atoms with Crippen molar-refractivity contribution >= 4 is 15.6 Å². The summed E-state index contributed by atoms with van der Waals surface area (Å²) in [4.78, 5) is 29.5. The van der Waals surface area contributed by atoms with Gasteiger partial charge in [0.1, 0.15) is 5.60 Å². The largest absolute Gasteiger partial charge is 0.482 e. The van der Waals surface area contributed by atoms with Gasteiger partial charge in [0.15, 0.2) is 0 Å². The van der Waals surface area contributed by atoms with Gasteiger partial charge in [-0.1, -0.05) is 119 Å². The van der Waals surface area contributed by atoms with Crippen molar-refractivity contribution in [2.75, 3.05) is 0 Å². The Balaban J connectivity index is 3.09. The Morgan fingerprint density at radius 1 is 0.538 bits per heavy atom. The van der Waals surface area contributed by atoms with Gasteiger partial charge in [-0.2, -0.15) is 4.31 Å². The summed E-state index contributed by atoms with van der Waals surface area (Å²) in [5, 5.41) is 0. The summed E-state index contributed by atoms with van der Waals surface area (Å²) in [7, 11) is -10.6. The maximum atomic E-state index is 13.2. The Hall–Kier alpha value is -1.30. The first-order valence-electron chi connectivity index (χ1n) is 13.2. The first-order chi connectivity index (χ1) is 17.1. The van der Waals surface area contributed by atoms with Crippen LogP contribution in [0, 0.1) is 0 Å². The molecule has 0 aliphatic heterocycles. The number of phosphoric acid groups is 2. The normalized spacial score (nSPS) is 15.8. The summed E-state index contributed by atoms with van der Waals surface area (Å²) in [6, 6.07) is 11.9. The van der Waals surface area contributed by atoms with Crippen molar-refractivity contribution in [3.8, 4) is 0 Å². The number of hydrogen-bond donors (Lipinski definition) is 3.